The Labute approximate surface area is 137 Å². The third-order valence-electron chi connectivity index (χ3n) is 3.69. The number of aromatic amines is 1. The molecule has 3 aromatic rings. The van der Waals surface area contributed by atoms with Crippen molar-refractivity contribution in [2.24, 2.45) is 0 Å². The van der Waals surface area contributed by atoms with Gasteiger partial charge in [0.15, 0.2) is 11.5 Å². The molecule has 6 heteroatoms. The normalized spacial score (nSPS) is 10.7. The Bertz CT molecular complexity index is 950. The highest BCUT2D eigenvalue weighted by Gasteiger charge is 2.15. The second-order valence-corrected chi connectivity index (χ2v) is 5.38. The SMILES string of the molecule is COc1cc2[nH]c(-c3ccccc3Cl)c(N)c(=O)c2cc1OC. The van der Waals surface area contributed by atoms with Crippen LogP contribution >= 0.6 is 11.6 Å². The van der Waals surface area contributed by atoms with Gasteiger partial charge in [-0.2, -0.15) is 0 Å². The number of nitrogens with two attached hydrogens (primary N) is 1. The number of pyridine rings is 1. The molecular formula is C17H15ClN2O3. The number of benzene rings is 2. The number of hydrogen-bond acceptors (Lipinski definition) is 4. The first-order valence-corrected chi connectivity index (χ1v) is 7.27. The average molecular weight is 331 g/mol. The van der Waals surface area contributed by atoms with E-state index in [1.807, 2.05) is 12.1 Å². The summed E-state index contributed by atoms with van der Waals surface area (Å²) >= 11 is 6.22. The molecule has 0 aliphatic heterocycles. The van der Waals surface area contributed by atoms with E-state index in [1.54, 1.807) is 24.3 Å². The summed E-state index contributed by atoms with van der Waals surface area (Å²) in [4.78, 5) is 15.8. The van der Waals surface area contributed by atoms with Crippen molar-refractivity contribution in [3.8, 4) is 22.8 Å². The average Bonchev–Trinajstić information content (AvgIpc) is 2.57. The maximum atomic E-state index is 12.6. The number of anilines is 1. The van der Waals surface area contributed by atoms with E-state index >= 15 is 0 Å². The summed E-state index contributed by atoms with van der Waals surface area (Å²) in [7, 11) is 3.05. The summed E-state index contributed by atoms with van der Waals surface area (Å²) in [5, 5.41) is 0.936. The lowest BCUT2D eigenvalue weighted by Gasteiger charge is -2.12. The molecule has 118 valence electrons. The first-order valence-electron chi connectivity index (χ1n) is 6.89. The van der Waals surface area contributed by atoms with Crippen LogP contribution in [-0.2, 0) is 0 Å². The number of methoxy groups -OCH3 is 2. The van der Waals surface area contributed by atoms with Gasteiger partial charge < -0.3 is 20.2 Å². The van der Waals surface area contributed by atoms with Crippen molar-refractivity contribution >= 4 is 28.2 Å². The van der Waals surface area contributed by atoms with Crippen molar-refractivity contribution < 1.29 is 9.47 Å². The van der Waals surface area contributed by atoms with Gasteiger partial charge in [0, 0.05) is 16.7 Å². The van der Waals surface area contributed by atoms with Crippen LogP contribution in [0, 0.1) is 0 Å². The molecule has 0 aliphatic rings. The number of rotatable bonds is 3. The molecule has 1 aromatic heterocycles. The maximum Gasteiger partial charge on any atom is 0.213 e. The van der Waals surface area contributed by atoms with E-state index < -0.39 is 0 Å². The van der Waals surface area contributed by atoms with Crippen molar-refractivity contribution in [2.45, 2.75) is 0 Å². The molecule has 0 spiro atoms. The number of hydrogen-bond donors (Lipinski definition) is 2. The highest BCUT2D eigenvalue weighted by Crippen LogP contribution is 2.34. The fourth-order valence-corrected chi connectivity index (χ4v) is 2.74. The predicted molar refractivity (Wildman–Crippen MR) is 92.5 cm³/mol. The Morgan fingerprint density at radius 2 is 1.74 bits per heavy atom. The lowest BCUT2D eigenvalue weighted by atomic mass is 10.1. The Hall–Kier alpha value is -2.66. The molecule has 0 amide bonds. The third kappa shape index (κ3) is 2.49. The van der Waals surface area contributed by atoms with E-state index in [0.29, 0.717) is 38.7 Å². The van der Waals surface area contributed by atoms with Gasteiger partial charge in [-0.15, -0.1) is 0 Å². The highest BCUT2D eigenvalue weighted by atomic mass is 35.5. The van der Waals surface area contributed by atoms with Gasteiger partial charge in [-0.3, -0.25) is 4.79 Å². The molecule has 0 aliphatic carbocycles. The summed E-state index contributed by atoms with van der Waals surface area (Å²) in [6, 6.07) is 10.5. The number of aromatic nitrogens is 1. The van der Waals surface area contributed by atoms with Crippen LogP contribution in [0.1, 0.15) is 0 Å². The van der Waals surface area contributed by atoms with Crippen molar-refractivity contribution in [1.82, 2.24) is 4.98 Å². The number of fused-ring (bicyclic) bond motifs is 1. The fraction of sp³-hybridized carbons (Fsp3) is 0.118. The Kier molecular flexibility index (Phi) is 3.88. The van der Waals surface area contributed by atoms with Crippen LogP contribution in [0.15, 0.2) is 41.2 Å². The van der Waals surface area contributed by atoms with Gasteiger partial charge in [0.05, 0.1) is 30.8 Å². The molecule has 2 aromatic carbocycles. The minimum Gasteiger partial charge on any atom is -0.493 e. The van der Waals surface area contributed by atoms with Gasteiger partial charge in [0.25, 0.3) is 0 Å². The van der Waals surface area contributed by atoms with Gasteiger partial charge in [0.1, 0.15) is 5.69 Å². The summed E-state index contributed by atoms with van der Waals surface area (Å²) in [6.07, 6.45) is 0. The van der Waals surface area contributed by atoms with Crippen molar-refractivity contribution in [1.29, 1.82) is 0 Å². The molecule has 0 atom stereocenters. The van der Waals surface area contributed by atoms with Gasteiger partial charge in [0.2, 0.25) is 5.43 Å². The quantitative estimate of drug-likeness (QED) is 0.771. The Morgan fingerprint density at radius 1 is 1.09 bits per heavy atom. The first-order chi connectivity index (χ1) is 11.1. The topological polar surface area (TPSA) is 77.3 Å². The third-order valence-corrected chi connectivity index (χ3v) is 4.01. The van der Waals surface area contributed by atoms with E-state index in [9.17, 15) is 4.79 Å². The first kappa shape index (κ1) is 15.2. The Morgan fingerprint density at radius 3 is 2.39 bits per heavy atom. The summed E-state index contributed by atoms with van der Waals surface area (Å²) in [5.41, 5.74) is 7.61. The number of halogens is 1. The summed E-state index contributed by atoms with van der Waals surface area (Å²) < 4.78 is 10.5. The number of H-pyrrole nitrogens is 1. The van der Waals surface area contributed by atoms with Crippen LogP contribution in [0.25, 0.3) is 22.2 Å². The van der Waals surface area contributed by atoms with E-state index in [-0.39, 0.29) is 11.1 Å². The number of nitrogens with one attached hydrogen (secondary N) is 1. The monoisotopic (exact) mass is 330 g/mol. The second kappa shape index (κ2) is 5.85. The van der Waals surface area contributed by atoms with E-state index in [0.717, 1.165) is 0 Å². The van der Waals surface area contributed by atoms with Crippen molar-refractivity contribution in [3.63, 3.8) is 0 Å². The number of nitrogen functional groups attached to an aromatic ring is 1. The molecule has 0 fully saturated rings. The van der Waals surface area contributed by atoms with E-state index in [4.69, 9.17) is 26.8 Å². The van der Waals surface area contributed by atoms with Crippen LogP contribution in [0.2, 0.25) is 5.02 Å². The van der Waals surface area contributed by atoms with Crippen LogP contribution in [-0.4, -0.2) is 19.2 Å². The number of ether oxygens (including phenoxy) is 2. The molecule has 0 radical (unpaired) electrons. The van der Waals surface area contributed by atoms with Crippen LogP contribution in [0.5, 0.6) is 11.5 Å². The lowest BCUT2D eigenvalue weighted by Crippen LogP contribution is -2.12. The molecule has 0 saturated carbocycles. The second-order valence-electron chi connectivity index (χ2n) is 4.98. The zero-order valence-electron chi connectivity index (χ0n) is 12.6. The lowest BCUT2D eigenvalue weighted by molar-refractivity contribution is 0.356. The standard InChI is InChI=1S/C17H15ClN2O3/c1-22-13-7-10-12(8-14(13)23-2)20-16(15(19)17(10)21)9-5-3-4-6-11(9)18/h3-8H,19H2,1-2H3,(H,20,21). The smallest absolute Gasteiger partial charge is 0.213 e. The molecular weight excluding hydrogens is 316 g/mol. The molecule has 3 N–H and O–H groups in total. The van der Waals surface area contributed by atoms with E-state index in [2.05, 4.69) is 4.98 Å². The maximum absolute atomic E-state index is 12.6. The van der Waals surface area contributed by atoms with E-state index in [1.165, 1.54) is 14.2 Å². The molecule has 1 heterocycles. The van der Waals surface area contributed by atoms with Crippen LogP contribution < -0.4 is 20.6 Å². The Balaban J connectivity index is 2.37. The molecule has 0 bridgehead atoms. The largest absolute Gasteiger partial charge is 0.493 e. The van der Waals surface area contributed by atoms with Gasteiger partial charge in [-0.1, -0.05) is 29.8 Å². The molecule has 0 unspecified atom stereocenters. The molecule has 23 heavy (non-hydrogen) atoms. The summed E-state index contributed by atoms with van der Waals surface area (Å²) in [5.74, 6) is 0.987. The predicted octanol–water partition coefficient (Wildman–Crippen LogP) is 3.45. The molecule has 3 rings (SSSR count). The zero-order chi connectivity index (χ0) is 16.6. The molecule has 5 nitrogen and oxygen atoms in total. The van der Waals surface area contributed by atoms with Gasteiger partial charge in [-0.25, -0.2) is 0 Å². The van der Waals surface area contributed by atoms with Crippen LogP contribution in [0.4, 0.5) is 5.69 Å². The zero-order valence-corrected chi connectivity index (χ0v) is 13.4. The van der Waals surface area contributed by atoms with Crippen LogP contribution in [0.3, 0.4) is 0 Å². The van der Waals surface area contributed by atoms with Crippen molar-refractivity contribution in [3.05, 3.63) is 51.6 Å². The van der Waals surface area contributed by atoms with Gasteiger partial charge in [-0.05, 0) is 12.1 Å². The van der Waals surface area contributed by atoms with Gasteiger partial charge >= 0.3 is 0 Å². The minimum atomic E-state index is -0.283. The van der Waals surface area contributed by atoms with Crippen molar-refractivity contribution in [2.75, 3.05) is 20.0 Å². The summed E-state index contributed by atoms with van der Waals surface area (Å²) in [6.45, 7) is 0. The molecule has 0 saturated heterocycles. The fourth-order valence-electron chi connectivity index (χ4n) is 2.51. The highest BCUT2D eigenvalue weighted by molar-refractivity contribution is 6.33. The minimum absolute atomic E-state index is 0.109.